The van der Waals surface area contributed by atoms with Gasteiger partial charge in [0.25, 0.3) is 0 Å². The molecule has 6 nitrogen and oxygen atoms in total. The highest BCUT2D eigenvalue weighted by Gasteiger charge is 2.21. The molecule has 0 heterocycles. The summed E-state index contributed by atoms with van der Waals surface area (Å²) in [5, 5.41) is 2.75. The minimum Gasteiger partial charge on any atom is -0.354 e. The maximum atomic E-state index is 12.0. The fraction of sp³-hybridized carbons (Fsp3) is 0.533. The van der Waals surface area contributed by atoms with Crippen molar-refractivity contribution in [2.24, 2.45) is 5.73 Å². The van der Waals surface area contributed by atoms with E-state index < -0.39 is 15.6 Å². The Morgan fingerprint density at radius 3 is 2.26 bits per heavy atom. The monoisotopic (exact) mass is 363 g/mol. The molecule has 0 aliphatic heterocycles. The van der Waals surface area contributed by atoms with Crippen molar-refractivity contribution < 1.29 is 13.2 Å². The zero-order chi connectivity index (χ0) is 16.6. The van der Waals surface area contributed by atoms with Crippen LogP contribution in [0.1, 0.15) is 33.1 Å². The quantitative estimate of drug-likeness (QED) is 0.617. The summed E-state index contributed by atoms with van der Waals surface area (Å²) in [5.41, 5.74) is 5.69. The zero-order valence-corrected chi connectivity index (χ0v) is 15.2. The third kappa shape index (κ3) is 7.30. The Morgan fingerprint density at radius 2 is 1.74 bits per heavy atom. The van der Waals surface area contributed by atoms with Gasteiger partial charge in [-0.3, -0.25) is 4.79 Å². The first kappa shape index (κ1) is 21.9. The lowest BCUT2D eigenvalue weighted by Crippen LogP contribution is -2.49. The Balaban J connectivity index is 0.00000484. The lowest BCUT2D eigenvalue weighted by Gasteiger charge is -2.26. The Bertz CT molecular complexity index is 575. The van der Waals surface area contributed by atoms with E-state index in [1.807, 2.05) is 13.8 Å². The number of carbonyl (C=O) groups excluding carboxylic acids is 1. The first-order chi connectivity index (χ1) is 10.3. The fourth-order valence-corrected chi connectivity index (χ4v) is 2.90. The highest BCUT2D eigenvalue weighted by atomic mass is 35.5. The summed E-state index contributed by atoms with van der Waals surface area (Å²) in [6, 6.07) is 8.06. The Morgan fingerprint density at radius 1 is 1.17 bits per heavy atom. The minimum atomic E-state index is -3.56. The average Bonchev–Trinajstić information content (AvgIpc) is 2.53. The molecule has 0 fully saturated rings. The highest BCUT2D eigenvalue weighted by molar-refractivity contribution is 7.89. The van der Waals surface area contributed by atoms with Gasteiger partial charge in [-0.2, -0.15) is 0 Å². The van der Waals surface area contributed by atoms with Gasteiger partial charge in [-0.1, -0.05) is 32.0 Å². The first-order valence-corrected chi connectivity index (χ1v) is 8.91. The average molecular weight is 364 g/mol. The summed E-state index contributed by atoms with van der Waals surface area (Å²) in [6.45, 7) is 4.40. The summed E-state index contributed by atoms with van der Waals surface area (Å²) in [4.78, 5) is 11.9. The highest BCUT2D eigenvalue weighted by Crippen LogP contribution is 2.09. The number of hydrogen-bond donors (Lipinski definition) is 3. The molecule has 0 aliphatic rings. The number of halogens is 1. The van der Waals surface area contributed by atoms with Crippen LogP contribution in [0.4, 0.5) is 0 Å². The van der Waals surface area contributed by atoms with E-state index in [-0.39, 0.29) is 36.2 Å². The van der Waals surface area contributed by atoms with E-state index in [9.17, 15) is 13.2 Å². The molecule has 0 unspecified atom stereocenters. The second-order valence-corrected chi connectivity index (χ2v) is 7.07. The van der Waals surface area contributed by atoms with Crippen molar-refractivity contribution in [2.75, 3.05) is 13.1 Å². The van der Waals surface area contributed by atoms with Crippen LogP contribution in [-0.2, 0) is 14.8 Å². The molecule has 0 saturated heterocycles. The van der Waals surface area contributed by atoms with E-state index >= 15 is 0 Å². The smallest absolute Gasteiger partial charge is 0.240 e. The molecular weight excluding hydrogens is 338 g/mol. The summed E-state index contributed by atoms with van der Waals surface area (Å²) in [6.07, 6.45) is 1.62. The fourth-order valence-electron chi connectivity index (χ4n) is 1.84. The van der Waals surface area contributed by atoms with Crippen LogP contribution in [0, 0.1) is 0 Å². The van der Waals surface area contributed by atoms with Crippen molar-refractivity contribution in [3.05, 3.63) is 30.3 Å². The molecule has 1 amide bonds. The van der Waals surface area contributed by atoms with Gasteiger partial charge in [-0.05, 0) is 25.0 Å². The van der Waals surface area contributed by atoms with Crippen LogP contribution >= 0.6 is 12.4 Å². The molecule has 8 heteroatoms. The maximum absolute atomic E-state index is 12.0. The Labute approximate surface area is 144 Å². The molecule has 0 atom stereocenters. The molecule has 1 aromatic carbocycles. The van der Waals surface area contributed by atoms with Gasteiger partial charge in [0.1, 0.15) is 0 Å². The molecule has 0 radical (unpaired) electrons. The predicted molar refractivity (Wildman–Crippen MR) is 94.0 cm³/mol. The summed E-state index contributed by atoms with van der Waals surface area (Å²) in [7, 11) is -3.56. The number of benzene rings is 1. The lowest BCUT2D eigenvalue weighted by molar-refractivity contribution is -0.121. The van der Waals surface area contributed by atoms with Gasteiger partial charge < -0.3 is 11.1 Å². The van der Waals surface area contributed by atoms with Crippen molar-refractivity contribution in [3.63, 3.8) is 0 Å². The van der Waals surface area contributed by atoms with Crippen molar-refractivity contribution in [2.45, 2.75) is 43.5 Å². The predicted octanol–water partition coefficient (Wildman–Crippen LogP) is 1.41. The van der Waals surface area contributed by atoms with Crippen LogP contribution in [0.15, 0.2) is 35.2 Å². The van der Waals surface area contributed by atoms with Gasteiger partial charge in [-0.25, -0.2) is 13.1 Å². The molecule has 0 spiro atoms. The number of rotatable bonds is 9. The van der Waals surface area contributed by atoms with E-state index in [0.717, 1.165) is 12.8 Å². The van der Waals surface area contributed by atoms with E-state index in [2.05, 4.69) is 10.0 Å². The molecule has 132 valence electrons. The largest absolute Gasteiger partial charge is 0.354 e. The molecule has 23 heavy (non-hydrogen) atoms. The summed E-state index contributed by atoms with van der Waals surface area (Å²) >= 11 is 0. The van der Waals surface area contributed by atoms with Gasteiger partial charge >= 0.3 is 0 Å². The van der Waals surface area contributed by atoms with Gasteiger partial charge in [0.2, 0.25) is 15.9 Å². The topological polar surface area (TPSA) is 101 Å². The van der Waals surface area contributed by atoms with Crippen molar-refractivity contribution in [3.8, 4) is 0 Å². The van der Waals surface area contributed by atoms with E-state index in [1.54, 1.807) is 18.2 Å². The summed E-state index contributed by atoms with van der Waals surface area (Å²) in [5.74, 6) is -0.215. The molecule has 0 aromatic heterocycles. The zero-order valence-electron chi connectivity index (χ0n) is 13.5. The second-order valence-electron chi connectivity index (χ2n) is 5.31. The minimum absolute atomic E-state index is 0. The van der Waals surface area contributed by atoms with Gasteiger partial charge in [-0.15, -0.1) is 12.4 Å². The van der Waals surface area contributed by atoms with Crippen molar-refractivity contribution in [1.82, 2.24) is 10.0 Å². The Hall–Kier alpha value is -1.15. The number of nitrogens with two attached hydrogens (primary N) is 1. The normalized spacial score (nSPS) is 11.6. The van der Waals surface area contributed by atoms with Gasteiger partial charge in [0, 0.05) is 25.0 Å². The third-order valence-corrected chi connectivity index (χ3v) is 5.22. The van der Waals surface area contributed by atoms with Gasteiger partial charge in [0.05, 0.1) is 4.90 Å². The van der Waals surface area contributed by atoms with Crippen molar-refractivity contribution >= 4 is 28.3 Å². The molecule has 1 rings (SSSR count). The Kier molecular flexibility index (Phi) is 9.38. The SMILES string of the molecule is CCC(N)(CC)CNC(=O)CCNS(=O)(=O)c1ccccc1.Cl. The van der Waals surface area contributed by atoms with Crippen LogP contribution in [-0.4, -0.2) is 33.0 Å². The van der Waals surface area contributed by atoms with E-state index in [4.69, 9.17) is 5.73 Å². The first-order valence-electron chi connectivity index (χ1n) is 7.43. The number of carbonyl (C=O) groups is 1. The number of amides is 1. The second kappa shape index (κ2) is 9.87. The molecule has 4 N–H and O–H groups in total. The van der Waals surface area contributed by atoms with Gasteiger partial charge in [0.15, 0.2) is 0 Å². The van der Waals surface area contributed by atoms with Crippen LogP contribution in [0.25, 0.3) is 0 Å². The molecular formula is C15H26ClN3O3S. The third-order valence-electron chi connectivity index (χ3n) is 3.74. The standard InChI is InChI=1S/C15H25N3O3S.ClH/c1-3-15(16,4-2)12-17-14(19)10-11-18-22(20,21)13-8-6-5-7-9-13;/h5-9,18H,3-4,10-12,16H2,1-2H3,(H,17,19);1H. The van der Waals surface area contributed by atoms with Crippen LogP contribution < -0.4 is 15.8 Å². The number of nitrogens with one attached hydrogen (secondary N) is 2. The molecule has 1 aromatic rings. The van der Waals surface area contributed by atoms with E-state index in [1.165, 1.54) is 12.1 Å². The lowest BCUT2D eigenvalue weighted by atomic mass is 9.94. The summed E-state index contributed by atoms with van der Waals surface area (Å²) < 4.78 is 26.3. The molecule has 0 bridgehead atoms. The van der Waals surface area contributed by atoms with Crippen molar-refractivity contribution in [1.29, 1.82) is 0 Å². The van der Waals surface area contributed by atoms with E-state index in [0.29, 0.717) is 6.54 Å². The molecule has 0 saturated carbocycles. The van der Waals surface area contributed by atoms with Crippen LogP contribution in [0.3, 0.4) is 0 Å². The number of hydrogen-bond acceptors (Lipinski definition) is 4. The van der Waals surface area contributed by atoms with Crippen LogP contribution in [0.5, 0.6) is 0 Å². The maximum Gasteiger partial charge on any atom is 0.240 e. The van der Waals surface area contributed by atoms with Crippen LogP contribution in [0.2, 0.25) is 0 Å². The molecule has 0 aliphatic carbocycles. The number of sulfonamides is 1.